The zero-order valence-electron chi connectivity index (χ0n) is 14.7. The minimum absolute atomic E-state index is 0.0354. The van der Waals surface area contributed by atoms with Crippen molar-refractivity contribution < 1.29 is 22.9 Å². The standard InChI is InChI=1S/C17H16ClN3O6S/c1-2-28(25,26)20-10-16(27-15-6-4-3-5-14(15)20)17(22)19-13-9-11(21(23)24)7-8-12(13)18/h3-9,16H,2,10H2,1H3,(H,19,22)/t16-/m1/s1. The zero-order chi connectivity index (χ0) is 20.5. The van der Waals surface area contributed by atoms with Crippen molar-refractivity contribution in [3.8, 4) is 5.75 Å². The number of sulfonamides is 1. The van der Waals surface area contributed by atoms with E-state index >= 15 is 0 Å². The molecule has 28 heavy (non-hydrogen) atoms. The third kappa shape index (κ3) is 3.87. The minimum atomic E-state index is -3.64. The quantitative estimate of drug-likeness (QED) is 0.581. The average molecular weight is 426 g/mol. The molecule has 1 atom stereocenters. The molecular weight excluding hydrogens is 410 g/mol. The molecular formula is C17H16ClN3O6S. The topological polar surface area (TPSA) is 119 Å². The summed E-state index contributed by atoms with van der Waals surface area (Å²) in [5.74, 6) is -0.573. The fourth-order valence-corrected chi connectivity index (χ4v) is 3.98. The van der Waals surface area contributed by atoms with Gasteiger partial charge in [-0.2, -0.15) is 0 Å². The summed E-state index contributed by atoms with van der Waals surface area (Å²) in [5, 5.41) is 13.5. The Bertz CT molecular complexity index is 1040. The van der Waals surface area contributed by atoms with Gasteiger partial charge in [-0.3, -0.25) is 19.2 Å². The largest absolute Gasteiger partial charge is 0.476 e. The maximum Gasteiger partial charge on any atom is 0.271 e. The number of nitro groups is 1. The summed E-state index contributed by atoms with van der Waals surface area (Å²) in [6.45, 7) is 1.27. The molecule has 0 saturated carbocycles. The maximum atomic E-state index is 12.7. The van der Waals surface area contributed by atoms with Crippen molar-refractivity contribution in [2.24, 2.45) is 0 Å². The van der Waals surface area contributed by atoms with Crippen molar-refractivity contribution in [3.63, 3.8) is 0 Å². The van der Waals surface area contributed by atoms with Crippen LogP contribution in [0, 0.1) is 10.1 Å². The number of benzene rings is 2. The van der Waals surface area contributed by atoms with Crippen molar-refractivity contribution in [2.45, 2.75) is 13.0 Å². The fourth-order valence-electron chi connectivity index (χ4n) is 2.69. The van der Waals surface area contributed by atoms with Gasteiger partial charge >= 0.3 is 0 Å². The van der Waals surface area contributed by atoms with E-state index in [1.165, 1.54) is 19.1 Å². The van der Waals surface area contributed by atoms with Crippen molar-refractivity contribution in [2.75, 3.05) is 21.9 Å². The lowest BCUT2D eigenvalue weighted by Crippen LogP contribution is -2.49. The number of halogens is 1. The molecule has 0 saturated heterocycles. The summed E-state index contributed by atoms with van der Waals surface area (Å²) < 4.78 is 31.7. The highest BCUT2D eigenvalue weighted by molar-refractivity contribution is 7.92. The first kappa shape index (κ1) is 19.9. The Morgan fingerprint density at radius 1 is 1.36 bits per heavy atom. The summed E-state index contributed by atoms with van der Waals surface area (Å²) in [5.41, 5.74) is 0.139. The number of amides is 1. The summed E-state index contributed by atoms with van der Waals surface area (Å²) in [6.07, 6.45) is -1.16. The lowest BCUT2D eigenvalue weighted by molar-refractivity contribution is -0.384. The van der Waals surface area contributed by atoms with Gasteiger partial charge < -0.3 is 10.1 Å². The summed E-state index contributed by atoms with van der Waals surface area (Å²) in [4.78, 5) is 23.0. The van der Waals surface area contributed by atoms with Gasteiger partial charge in [0.05, 0.1) is 33.6 Å². The number of nitrogens with one attached hydrogen (secondary N) is 1. The molecule has 1 aliphatic rings. The van der Waals surface area contributed by atoms with E-state index < -0.39 is 27.0 Å². The van der Waals surface area contributed by atoms with Crippen LogP contribution in [0.15, 0.2) is 42.5 Å². The van der Waals surface area contributed by atoms with E-state index in [-0.39, 0.29) is 34.4 Å². The third-order valence-corrected chi connectivity index (χ3v) is 6.22. The number of ether oxygens (including phenoxy) is 1. The molecule has 1 amide bonds. The zero-order valence-corrected chi connectivity index (χ0v) is 16.2. The second-order valence-corrected chi connectivity index (χ2v) is 8.51. The first-order chi connectivity index (χ1) is 13.2. The highest BCUT2D eigenvalue weighted by atomic mass is 35.5. The van der Waals surface area contributed by atoms with Crippen LogP contribution >= 0.6 is 11.6 Å². The maximum absolute atomic E-state index is 12.7. The fraction of sp³-hybridized carbons (Fsp3) is 0.235. The molecule has 0 aromatic heterocycles. The average Bonchev–Trinajstić information content (AvgIpc) is 2.68. The first-order valence-corrected chi connectivity index (χ1v) is 10.2. The normalized spacial score (nSPS) is 16.1. The number of hydrogen-bond acceptors (Lipinski definition) is 6. The molecule has 0 unspecified atom stereocenters. The van der Waals surface area contributed by atoms with E-state index in [0.717, 1.165) is 10.4 Å². The molecule has 0 spiro atoms. The highest BCUT2D eigenvalue weighted by Crippen LogP contribution is 2.35. The van der Waals surface area contributed by atoms with E-state index in [1.807, 2.05) is 0 Å². The number of para-hydroxylation sites is 2. The van der Waals surface area contributed by atoms with Gasteiger partial charge in [-0.15, -0.1) is 0 Å². The van der Waals surface area contributed by atoms with E-state index in [0.29, 0.717) is 5.69 Å². The van der Waals surface area contributed by atoms with Crippen molar-refractivity contribution >= 4 is 44.6 Å². The molecule has 1 heterocycles. The van der Waals surface area contributed by atoms with Crippen LogP contribution in [0.4, 0.5) is 17.1 Å². The van der Waals surface area contributed by atoms with Crippen LogP contribution in [0.2, 0.25) is 5.02 Å². The molecule has 1 aliphatic heterocycles. The Morgan fingerprint density at radius 2 is 2.07 bits per heavy atom. The van der Waals surface area contributed by atoms with E-state index in [4.69, 9.17) is 16.3 Å². The number of nitro benzene ring substituents is 1. The molecule has 0 bridgehead atoms. The SMILES string of the molecule is CCS(=O)(=O)N1C[C@H](C(=O)Nc2cc([N+](=O)[O-])ccc2Cl)Oc2ccccc21. The molecule has 9 nitrogen and oxygen atoms in total. The van der Waals surface area contributed by atoms with Crippen LogP contribution < -0.4 is 14.4 Å². The number of carbonyl (C=O) groups is 1. The van der Waals surface area contributed by atoms with Crippen LogP contribution in [-0.2, 0) is 14.8 Å². The molecule has 0 fully saturated rings. The lowest BCUT2D eigenvalue weighted by Gasteiger charge is -2.34. The Hall–Kier alpha value is -2.85. The number of nitrogens with zero attached hydrogens (tertiary/aromatic N) is 2. The molecule has 11 heteroatoms. The van der Waals surface area contributed by atoms with E-state index in [9.17, 15) is 23.3 Å². The van der Waals surface area contributed by atoms with Gasteiger partial charge in [-0.1, -0.05) is 23.7 Å². The first-order valence-electron chi connectivity index (χ1n) is 8.24. The minimum Gasteiger partial charge on any atom is -0.476 e. The number of non-ortho nitro benzene ring substituents is 1. The Morgan fingerprint density at radius 3 is 2.75 bits per heavy atom. The highest BCUT2D eigenvalue weighted by Gasteiger charge is 2.36. The molecule has 0 radical (unpaired) electrons. The van der Waals surface area contributed by atoms with Crippen LogP contribution in [0.5, 0.6) is 5.75 Å². The molecule has 1 N–H and O–H groups in total. The van der Waals surface area contributed by atoms with Gasteiger partial charge in [0.2, 0.25) is 10.0 Å². The smallest absolute Gasteiger partial charge is 0.271 e. The van der Waals surface area contributed by atoms with Gasteiger partial charge in [0.1, 0.15) is 5.75 Å². The van der Waals surface area contributed by atoms with Crippen LogP contribution in [0.1, 0.15) is 6.92 Å². The summed E-state index contributed by atoms with van der Waals surface area (Å²) >= 11 is 6.00. The third-order valence-electron chi connectivity index (χ3n) is 4.15. The molecule has 0 aliphatic carbocycles. The Balaban J connectivity index is 1.89. The Labute approximate surface area is 166 Å². The number of fused-ring (bicyclic) bond motifs is 1. The predicted octanol–water partition coefficient (Wildman–Crippen LogP) is 2.80. The van der Waals surface area contributed by atoms with Crippen molar-refractivity contribution in [1.82, 2.24) is 0 Å². The van der Waals surface area contributed by atoms with Crippen molar-refractivity contribution in [3.05, 3.63) is 57.6 Å². The predicted molar refractivity (Wildman–Crippen MR) is 104 cm³/mol. The van der Waals surface area contributed by atoms with Crippen LogP contribution in [0.25, 0.3) is 0 Å². The van der Waals surface area contributed by atoms with Gasteiger partial charge in [0.15, 0.2) is 6.10 Å². The number of anilines is 2. The van der Waals surface area contributed by atoms with E-state index in [1.54, 1.807) is 24.3 Å². The number of rotatable bonds is 5. The summed E-state index contributed by atoms with van der Waals surface area (Å²) in [7, 11) is -3.64. The monoisotopic (exact) mass is 425 g/mol. The molecule has 2 aromatic carbocycles. The van der Waals surface area contributed by atoms with Crippen molar-refractivity contribution in [1.29, 1.82) is 0 Å². The Kier molecular flexibility index (Phi) is 5.43. The lowest BCUT2D eigenvalue weighted by atomic mass is 10.2. The summed E-state index contributed by atoms with van der Waals surface area (Å²) in [6, 6.07) is 10.1. The van der Waals surface area contributed by atoms with Crippen LogP contribution in [-0.4, -0.2) is 37.6 Å². The number of carbonyl (C=O) groups excluding carboxylic acids is 1. The second-order valence-electron chi connectivity index (χ2n) is 5.92. The molecule has 3 rings (SSSR count). The van der Waals surface area contributed by atoms with Gasteiger partial charge in [0.25, 0.3) is 11.6 Å². The van der Waals surface area contributed by atoms with Gasteiger partial charge in [-0.25, -0.2) is 8.42 Å². The van der Waals surface area contributed by atoms with Gasteiger partial charge in [0, 0.05) is 12.1 Å². The molecule has 148 valence electrons. The number of hydrogen-bond donors (Lipinski definition) is 1. The second kappa shape index (κ2) is 7.64. The van der Waals surface area contributed by atoms with E-state index in [2.05, 4.69) is 5.32 Å². The van der Waals surface area contributed by atoms with Crippen LogP contribution in [0.3, 0.4) is 0 Å². The van der Waals surface area contributed by atoms with Gasteiger partial charge in [-0.05, 0) is 25.1 Å². The molecule has 2 aromatic rings.